The van der Waals surface area contributed by atoms with Crippen LogP contribution in [0.2, 0.25) is 0 Å². The van der Waals surface area contributed by atoms with Crippen molar-refractivity contribution in [3.05, 3.63) is 42.4 Å². The largest absolute Gasteiger partial charge is 0.450 e. The van der Waals surface area contributed by atoms with Gasteiger partial charge in [0.25, 0.3) is 0 Å². The number of rotatable bonds is 3. The van der Waals surface area contributed by atoms with Gasteiger partial charge in [0.1, 0.15) is 6.33 Å². The molecule has 0 aliphatic rings. The Labute approximate surface area is 130 Å². The monoisotopic (exact) mass is 299 g/mol. The number of ether oxygens (including phenoxy) is 1. The van der Waals surface area contributed by atoms with Gasteiger partial charge in [0, 0.05) is 5.56 Å². The van der Waals surface area contributed by atoms with Gasteiger partial charge in [-0.05, 0) is 17.9 Å². The van der Waals surface area contributed by atoms with E-state index in [2.05, 4.69) is 48.2 Å². The highest BCUT2D eigenvalue weighted by Gasteiger charge is 2.15. The maximum atomic E-state index is 11.6. The van der Waals surface area contributed by atoms with Crippen molar-refractivity contribution in [2.45, 2.75) is 33.1 Å². The first kappa shape index (κ1) is 15.9. The standard InChI is InChI=1S/C17H21N3O2/c1-5-22-16(21)20-14-10-18-11-19-15(14)12-6-8-13(9-7-12)17(2,3)4/h6-11H,5H2,1-4H3,(H,20,21). The number of hydrogen-bond donors (Lipinski definition) is 1. The van der Waals surface area contributed by atoms with Gasteiger partial charge in [-0.15, -0.1) is 0 Å². The Morgan fingerprint density at radius 3 is 2.50 bits per heavy atom. The molecule has 0 atom stereocenters. The summed E-state index contributed by atoms with van der Waals surface area (Å²) in [6, 6.07) is 8.15. The predicted molar refractivity (Wildman–Crippen MR) is 86.8 cm³/mol. The van der Waals surface area contributed by atoms with Crippen LogP contribution in [0.15, 0.2) is 36.8 Å². The van der Waals surface area contributed by atoms with Crippen LogP contribution in [0, 0.1) is 0 Å². The van der Waals surface area contributed by atoms with E-state index in [1.165, 1.54) is 11.9 Å². The van der Waals surface area contributed by atoms with Crippen LogP contribution in [0.3, 0.4) is 0 Å². The molecule has 22 heavy (non-hydrogen) atoms. The summed E-state index contributed by atoms with van der Waals surface area (Å²) in [7, 11) is 0. The molecule has 0 aliphatic heterocycles. The van der Waals surface area contributed by atoms with E-state index in [9.17, 15) is 4.79 Å². The molecular weight excluding hydrogens is 278 g/mol. The summed E-state index contributed by atoms with van der Waals surface area (Å²) in [5, 5.41) is 2.67. The van der Waals surface area contributed by atoms with Crippen LogP contribution in [0.1, 0.15) is 33.3 Å². The number of nitrogens with one attached hydrogen (secondary N) is 1. The van der Waals surface area contributed by atoms with E-state index in [0.717, 1.165) is 5.56 Å². The average molecular weight is 299 g/mol. The number of hydrogen-bond acceptors (Lipinski definition) is 4. The van der Waals surface area contributed by atoms with E-state index in [1.807, 2.05) is 12.1 Å². The maximum Gasteiger partial charge on any atom is 0.411 e. The molecule has 1 amide bonds. The fraction of sp³-hybridized carbons (Fsp3) is 0.353. The predicted octanol–water partition coefficient (Wildman–Crippen LogP) is 4.01. The molecule has 5 nitrogen and oxygen atoms in total. The van der Waals surface area contributed by atoms with E-state index in [0.29, 0.717) is 18.0 Å². The van der Waals surface area contributed by atoms with Gasteiger partial charge in [-0.1, -0.05) is 45.0 Å². The first-order valence-electron chi connectivity index (χ1n) is 7.26. The van der Waals surface area contributed by atoms with E-state index in [1.54, 1.807) is 13.1 Å². The number of amides is 1. The molecular formula is C17H21N3O2. The molecule has 0 aliphatic carbocycles. The second kappa shape index (κ2) is 6.56. The third kappa shape index (κ3) is 3.81. The zero-order valence-electron chi connectivity index (χ0n) is 13.4. The average Bonchev–Trinajstić information content (AvgIpc) is 2.47. The van der Waals surface area contributed by atoms with Gasteiger partial charge in [-0.3, -0.25) is 5.32 Å². The lowest BCUT2D eigenvalue weighted by atomic mass is 9.86. The Morgan fingerprint density at radius 1 is 1.23 bits per heavy atom. The van der Waals surface area contributed by atoms with Crippen molar-refractivity contribution in [2.75, 3.05) is 11.9 Å². The van der Waals surface area contributed by atoms with Crippen LogP contribution in [-0.4, -0.2) is 22.7 Å². The van der Waals surface area contributed by atoms with Crippen LogP contribution in [0.25, 0.3) is 11.3 Å². The Hall–Kier alpha value is -2.43. The highest BCUT2D eigenvalue weighted by Crippen LogP contribution is 2.28. The van der Waals surface area contributed by atoms with Crippen molar-refractivity contribution in [2.24, 2.45) is 0 Å². The van der Waals surface area contributed by atoms with Gasteiger partial charge in [0.15, 0.2) is 0 Å². The fourth-order valence-electron chi connectivity index (χ4n) is 2.06. The molecule has 0 saturated carbocycles. The SMILES string of the molecule is CCOC(=O)Nc1cncnc1-c1ccc(C(C)(C)C)cc1. The highest BCUT2D eigenvalue weighted by atomic mass is 16.5. The van der Waals surface area contributed by atoms with Gasteiger partial charge in [-0.2, -0.15) is 0 Å². The highest BCUT2D eigenvalue weighted by molar-refractivity contribution is 5.89. The third-order valence-electron chi connectivity index (χ3n) is 3.25. The number of anilines is 1. The second-order valence-electron chi connectivity index (χ2n) is 5.96. The minimum absolute atomic E-state index is 0.0935. The number of carbonyl (C=O) groups is 1. The van der Waals surface area contributed by atoms with Gasteiger partial charge in [0.2, 0.25) is 0 Å². The maximum absolute atomic E-state index is 11.6. The van der Waals surface area contributed by atoms with Gasteiger partial charge in [0.05, 0.1) is 24.2 Å². The molecule has 116 valence electrons. The quantitative estimate of drug-likeness (QED) is 0.930. The molecule has 1 heterocycles. The lowest BCUT2D eigenvalue weighted by Gasteiger charge is -2.19. The summed E-state index contributed by atoms with van der Waals surface area (Å²) in [5.74, 6) is 0. The van der Waals surface area contributed by atoms with Crippen LogP contribution in [0.5, 0.6) is 0 Å². The minimum atomic E-state index is -0.509. The molecule has 2 rings (SSSR count). The Balaban J connectivity index is 2.31. The molecule has 0 fully saturated rings. The molecule has 0 spiro atoms. The van der Waals surface area contributed by atoms with E-state index in [-0.39, 0.29) is 5.41 Å². The van der Waals surface area contributed by atoms with Crippen molar-refractivity contribution < 1.29 is 9.53 Å². The zero-order chi connectivity index (χ0) is 16.2. The number of nitrogens with zero attached hydrogens (tertiary/aromatic N) is 2. The van der Waals surface area contributed by atoms with Crippen LogP contribution >= 0.6 is 0 Å². The summed E-state index contributed by atoms with van der Waals surface area (Å²) in [4.78, 5) is 19.8. The van der Waals surface area contributed by atoms with Crippen molar-refractivity contribution in [1.82, 2.24) is 9.97 Å². The van der Waals surface area contributed by atoms with Crippen molar-refractivity contribution >= 4 is 11.8 Å². The summed E-state index contributed by atoms with van der Waals surface area (Å²) >= 11 is 0. The van der Waals surface area contributed by atoms with Crippen molar-refractivity contribution in [3.63, 3.8) is 0 Å². The summed E-state index contributed by atoms with van der Waals surface area (Å²) in [6.45, 7) is 8.57. The topological polar surface area (TPSA) is 64.1 Å². The van der Waals surface area contributed by atoms with Gasteiger partial charge < -0.3 is 4.74 Å². The lowest BCUT2D eigenvalue weighted by Crippen LogP contribution is -2.14. The molecule has 1 aromatic heterocycles. The Bertz CT molecular complexity index is 646. The van der Waals surface area contributed by atoms with Crippen molar-refractivity contribution in [1.29, 1.82) is 0 Å². The van der Waals surface area contributed by atoms with E-state index < -0.39 is 6.09 Å². The molecule has 0 bridgehead atoms. The van der Waals surface area contributed by atoms with Gasteiger partial charge >= 0.3 is 6.09 Å². The van der Waals surface area contributed by atoms with E-state index >= 15 is 0 Å². The zero-order valence-corrected chi connectivity index (χ0v) is 13.4. The summed E-state index contributed by atoms with van der Waals surface area (Å²) in [5.41, 5.74) is 3.45. The second-order valence-corrected chi connectivity index (χ2v) is 5.96. The van der Waals surface area contributed by atoms with Crippen LogP contribution < -0.4 is 5.32 Å². The fourth-order valence-corrected chi connectivity index (χ4v) is 2.06. The van der Waals surface area contributed by atoms with Crippen molar-refractivity contribution in [3.8, 4) is 11.3 Å². The Kier molecular flexibility index (Phi) is 4.75. The number of carbonyl (C=O) groups excluding carboxylic acids is 1. The third-order valence-corrected chi connectivity index (χ3v) is 3.25. The normalized spacial score (nSPS) is 11.1. The molecule has 0 radical (unpaired) electrons. The summed E-state index contributed by atoms with van der Waals surface area (Å²) in [6.07, 6.45) is 2.52. The first-order valence-corrected chi connectivity index (χ1v) is 7.26. The molecule has 1 N–H and O–H groups in total. The van der Waals surface area contributed by atoms with Crippen LogP contribution in [0.4, 0.5) is 10.5 Å². The van der Waals surface area contributed by atoms with E-state index in [4.69, 9.17) is 4.74 Å². The number of aromatic nitrogens is 2. The van der Waals surface area contributed by atoms with Gasteiger partial charge in [-0.25, -0.2) is 14.8 Å². The molecule has 1 aromatic carbocycles. The number of benzene rings is 1. The first-order chi connectivity index (χ1) is 10.4. The minimum Gasteiger partial charge on any atom is -0.450 e. The molecule has 2 aromatic rings. The smallest absolute Gasteiger partial charge is 0.411 e. The molecule has 0 unspecified atom stereocenters. The van der Waals surface area contributed by atoms with Crippen LogP contribution in [-0.2, 0) is 10.2 Å². The molecule has 0 saturated heterocycles. The lowest BCUT2D eigenvalue weighted by molar-refractivity contribution is 0.168. The summed E-state index contributed by atoms with van der Waals surface area (Å²) < 4.78 is 4.89. The Morgan fingerprint density at radius 2 is 1.91 bits per heavy atom. The molecule has 5 heteroatoms.